The molecule has 0 unspecified atom stereocenters. The second-order valence-electron chi connectivity index (χ2n) is 4.58. The molecule has 0 spiro atoms. The van der Waals surface area contributed by atoms with Crippen LogP contribution in [0.2, 0.25) is 0 Å². The predicted octanol–water partition coefficient (Wildman–Crippen LogP) is 2.23. The molecule has 0 aliphatic carbocycles. The van der Waals surface area contributed by atoms with Gasteiger partial charge >= 0.3 is 0 Å². The van der Waals surface area contributed by atoms with Crippen LogP contribution in [0.1, 0.15) is 11.1 Å². The van der Waals surface area contributed by atoms with Gasteiger partial charge in [-0.25, -0.2) is 4.39 Å². The number of hydrogen-bond acceptors (Lipinski definition) is 2. The first-order chi connectivity index (χ1) is 10.6. The van der Waals surface area contributed by atoms with Crippen molar-refractivity contribution in [2.75, 3.05) is 0 Å². The third-order valence-electron chi connectivity index (χ3n) is 2.83. The van der Waals surface area contributed by atoms with Gasteiger partial charge in [0.25, 0.3) is 5.91 Å². The fourth-order valence-corrected chi connectivity index (χ4v) is 1.74. The average Bonchev–Trinajstić information content (AvgIpc) is 2.54. The molecule has 22 heavy (non-hydrogen) atoms. The van der Waals surface area contributed by atoms with E-state index in [1.807, 2.05) is 30.3 Å². The lowest BCUT2D eigenvalue weighted by atomic mass is 10.1. The third-order valence-corrected chi connectivity index (χ3v) is 2.83. The highest BCUT2D eigenvalue weighted by atomic mass is 19.1. The van der Waals surface area contributed by atoms with Crippen molar-refractivity contribution in [2.24, 2.45) is 0 Å². The Hall–Kier alpha value is -2.95. The van der Waals surface area contributed by atoms with Crippen molar-refractivity contribution in [1.82, 2.24) is 10.9 Å². The Kier molecular flexibility index (Phi) is 5.43. The number of nitrogens with one attached hydrogen (secondary N) is 2. The molecule has 2 aromatic carbocycles. The van der Waals surface area contributed by atoms with E-state index < -0.39 is 5.91 Å². The van der Waals surface area contributed by atoms with Crippen LogP contribution < -0.4 is 10.9 Å². The lowest BCUT2D eigenvalue weighted by molar-refractivity contribution is -0.126. The molecule has 0 radical (unpaired) electrons. The summed E-state index contributed by atoms with van der Waals surface area (Å²) in [6, 6.07) is 14.9. The summed E-state index contributed by atoms with van der Waals surface area (Å²) in [4.78, 5) is 23.2. The zero-order valence-electron chi connectivity index (χ0n) is 11.8. The van der Waals surface area contributed by atoms with Crippen molar-refractivity contribution in [3.05, 3.63) is 77.6 Å². The minimum atomic E-state index is -0.434. The number of benzene rings is 2. The van der Waals surface area contributed by atoms with E-state index in [4.69, 9.17) is 0 Å². The highest BCUT2D eigenvalue weighted by Crippen LogP contribution is 2.03. The Labute approximate surface area is 127 Å². The molecular formula is C17H15FN2O2. The number of hydrogen-bond donors (Lipinski definition) is 2. The van der Waals surface area contributed by atoms with Crippen LogP contribution in [0.15, 0.2) is 60.7 Å². The second-order valence-corrected chi connectivity index (χ2v) is 4.58. The van der Waals surface area contributed by atoms with Gasteiger partial charge < -0.3 is 0 Å². The normalized spacial score (nSPS) is 10.4. The van der Waals surface area contributed by atoms with Gasteiger partial charge in [0.1, 0.15) is 5.82 Å². The molecule has 0 bridgehead atoms. The number of amides is 2. The number of halogens is 1. The minimum absolute atomic E-state index is 0.0585. The predicted molar refractivity (Wildman–Crippen MR) is 81.9 cm³/mol. The summed E-state index contributed by atoms with van der Waals surface area (Å²) >= 11 is 0. The van der Waals surface area contributed by atoms with Crippen molar-refractivity contribution >= 4 is 17.9 Å². The van der Waals surface area contributed by atoms with Gasteiger partial charge in [-0.1, -0.05) is 42.5 Å². The first kappa shape index (κ1) is 15.4. The van der Waals surface area contributed by atoms with E-state index in [0.29, 0.717) is 5.56 Å². The number of carbonyl (C=O) groups is 2. The van der Waals surface area contributed by atoms with E-state index >= 15 is 0 Å². The lowest BCUT2D eigenvalue weighted by Crippen LogP contribution is -2.41. The molecule has 4 nitrogen and oxygen atoms in total. The molecule has 2 N–H and O–H groups in total. The highest BCUT2D eigenvalue weighted by Gasteiger charge is 2.04. The quantitative estimate of drug-likeness (QED) is 0.672. The maximum atomic E-state index is 12.7. The van der Waals surface area contributed by atoms with Crippen LogP contribution in [-0.4, -0.2) is 11.8 Å². The van der Waals surface area contributed by atoms with Gasteiger partial charge in [0.05, 0.1) is 6.42 Å². The monoisotopic (exact) mass is 298 g/mol. The van der Waals surface area contributed by atoms with Crippen molar-refractivity contribution in [3.63, 3.8) is 0 Å². The van der Waals surface area contributed by atoms with Crippen LogP contribution in [-0.2, 0) is 16.0 Å². The largest absolute Gasteiger partial charge is 0.273 e. The third kappa shape index (κ3) is 5.20. The molecule has 112 valence electrons. The summed E-state index contributed by atoms with van der Waals surface area (Å²) < 4.78 is 12.7. The molecule has 0 saturated carbocycles. The van der Waals surface area contributed by atoms with E-state index in [1.54, 1.807) is 6.08 Å². The average molecular weight is 298 g/mol. The Morgan fingerprint density at radius 2 is 1.64 bits per heavy atom. The molecule has 0 fully saturated rings. The summed E-state index contributed by atoms with van der Waals surface area (Å²) in [5, 5.41) is 0. The van der Waals surface area contributed by atoms with Gasteiger partial charge in [-0.3, -0.25) is 20.4 Å². The Morgan fingerprint density at radius 1 is 0.955 bits per heavy atom. The molecule has 2 aromatic rings. The number of carbonyl (C=O) groups excluding carboxylic acids is 2. The van der Waals surface area contributed by atoms with Crippen molar-refractivity contribution in [2.45, 2.75) is 6.42 Å². The summed E-state index contributed by atoms with van der Waals surface area (Å²) in [7, 11) is 0. The molecule has 0 aromatic heterocycles. The Balaban J connectivity index is 1.77. The van der Waals surface area contributed by atoms with Gasteiger partial charge in [0, 0.05) is 6.08 Å². The van der Waals surface area contributed by atoms with Gasteiger partial charge in [-0.05, 0) is 29.3 Å². The molecule has 0 atom stereocenters. The van der Waals surface area contributed by atoms with Crippen LogP contribution in [0, 0.1) is 5.82 Å². The maximum absolute atomic E-state index is 12.7. The van der Waals surface area contributed by atoms with Crippen molar-refractivity contribution in [1.29, 1.82) is 0 Å². The summed E-state index contributed by atoms with van der Waals surface area (Å²) in [6.45, 7) is 0. The molecule has 5 heteroatoms. The van der Waals surface area contributed by atoms with E-state index in [1.165, 1.54) is 30.3 Å². The van der Waals surface area contributed by atoms with E-state index in [9.17, 15) is 14.0 Å². The lowest BCUT2D eigenvalue weighted by Gasteiger charge is -2.05. The first-order valence-electron chi connectivity index (χ1n) is 6.70. The zero-order valence-corrected chi connectivity index (χ0v) is 11.8. The Morgan fingerprint density at radius 3 is 2.32 bits per heavy atom. The molecule has 0 aliphatic heterocycles. The van der Waals surface area contributed by atoms with Crippen LogP contribution in [0.25, 0.3) is 6.08 Å². The second kappa shape index (κ2) is 7.73. The van der Waals surface area contributed by atoms with Crippen LogP contribution >= 0.6 is 0 Å². The molecular weight excluding hydrogens is 283 g/mol. The summed E-state index contributed by atoms with van der Waals surface area (Å²) in [5.74, 6) is -1.17. The number of rotatable bonds is 4. The van der Waals surface area contributed by atoms with Crippen molar-refractivity contribution in [3.8, 4) is 0 Å². The Bertz CT molecular complexity index is 667. The van der Waals surface area contributed by atoms with E-state index in [-0.39, 0.29) is 18.1 Å². The van der Waals surface area contributed by atoms with Crippen LogP contribution in [0.4, 0.5) is 4.39 Å². The van der Waals surface area contributed by atoms with Gasteiger partial charge in [0.15, 0.2) is 0 Å². The minimum Gasteiger partial charge on any atom is -0.273 e. The van der Waals surface area contributed by atoms with Gasteiger partial charge in [0.2, 0.25) is 5.91 Å². The topological polar surface area (TPSA) is 58.2 Å². The molecule has 0 aliphatic rings. The van der Waals surface area contributed by atoms with E-state index in [0.717, 1.165) is 5.56 Å². The highest BCUT2D eigenvalue weighted by molar-refractivity contribution is 5.93. The molecule has 0 heterocycles. The van der Waals surface area contributed by atoms with Crippen LogP contribution in [0.5, 0.6) is 0 Å². The van der Waals surface area contributed by atoms with Gasteiger partial charge in [-0.15, -0.1) is 0 Å². The SMILES string of the molecule is O=C(/C=C/c1ccccc1)NNC(=O)Cc1ccc(F)cc1. The molecule has 0 saturated heterocycles. The number of hydrazine groups is 1. The van der Waals surface area contributed by atoms with Crippen LogP contribution in [0.3, 0.4) is 0 Å². The first-order valence-corrected chi connectivity index (χ1v) is 6.70. The summed E-state index contributed by atoms with van der Waals surface area (Å²) in [6.07, 6.45) is 3.03. The molecule has 2 rings (SSSR count). The fraction of sp³-hybridized carbons (Fsp3) is 0.0588. The smallest absolute Gasteiger partial charge is 0.262 e. The van der Waals surface area contributed by atoms with E-state index in [2.05, 4.69) is 10.9 Å². The standard InChI is InChI=1S/C17H15FN2O2/c18-15-9-6-14(7-10-15)12-17(22)20-19-16(21)11-8-13-4-2-1-3-5-13/h1-11H,12H2,(H,19,21)(H,20,22)/b11-8+. The summed E-state index contributed by atoms with van der Waals surface area (Å²) in [5.41, 5.74) is 6.13. The molecule has 2 amide bonds. The van der Waals surface area contributed by atoms with Gasteiger partial charge in [-0.2, -0.15) is 0 Å². The zero-order chi connectivity index (χ0) is 15.8. The fourth-order valence-electron chi connectivity index (χ4n) is 1.74. The maximum Gasteiger partial charge on any atom is 0.262 e. The van der Waals surface area contributed by atoms with Crippen molar-refractivity contribution < 1.29 is 14.0 Å².